The molecule has 0 aliphatic heterocycles. The van der Waals surface area contributed by atoms with Gasteiger partial charge in [0.1, 0.15) is 19.3 Å². The molecule has 0 aromatic heterocycles. The molecule has 0 radical (unpaired) electrons. The number of aliphatic hydroxyl groups excluding tert-OH is 1. The van der Waals surface area contributed by atoms with Crippen molar-refractivity contribution in [2.24, 2.45) is 5.92 Å². The fraction of sp³-hybridized carbons (Fsp3) is 0.943. The molecule has 0 heterocycles. The van der Waals surface area contributed by atoms with Gasteiger partial charge in [0.05, 0.1) is 26.4 Å². The number of phosphoric acid groups is 2. The molecule has 2 unspecified atom stereocenters. The van der Waals surface area contributed by atoms with E-state index in [1.54, 1.807) is 0 Å². The van der Waals surface area contributed by atoms with Crippen LogP contribution in [0.3, 0.4) is 0 Å². The van der Waals surface area contributed by atoms with E-state index in [9.17, 15) is 43.2 Å². The number of rotatable bonds is 70. The Hall–Kier alpha value is -1.94. The molecule has 0 aromatic carbocycles. The number of hydrogen-bond donors (Lipinski definition) is 3. The Kier molecular flexibility index (Phi) is 62.1. The first-order chi connectivity index (χ1) is 43.0. The number of esters is 4. The van der Waals surface area contributed by atoms with Crippen LogP contribution in [0, 0.1) is 5.92 Å². The van der Waals surface area contributed by atoms with Crippen LogP contribution in [-0.4, -0.2) is 96.7 Å². The minimum Gasteiger partial charge on any atom is -0.462 e. The molecule has 0 aliphatic carbocycles. The lowest BCUT2D eigenvalue weighted by Crippen LogP contribution is -2.30. The van der Waals surface area contributed by atoms with Gasteiger partial charge in [0.15, 0.2) is 12.2 Å². The van der Waals surface area contributed by atoms with E-state index in [1.165, 1.54) is 186 Å². The largest absolute Gasteiger partial charge is 0.472 e. The van der Waals surface area contributed by atoms with Crippen LogP contribution in [0.15, 0.2) is 0 Å². The molecule has 19 heteroatoms. The molecule has 0 bridgehead atoms. The van der Waals surface area contributed by atoms with Crippen LogP contribution in [0.4, 0.5) is 0 Å². The zero-order valence-corrected chi connectivity index (χ0v) is 59.4. The summed E-state index contributed by atoms with van der Waals surface area (Å²) in [5.41, 5.74) is 0. The van der Waals surface area contributed by atoms with Gasteiger partial charge in [0.25, 0.3) is 0 Å². The number of carbonyl (C=O) groups excluding carboxylic acids is 4. The maximum atomic E-state index is 13.0. The average molecular weight is 1310 g/mol. The van der Waals surface area contributed by atoms with Crippen LogP contribution in [0.25, 0.3) is 0 Å². The number of hydrogen-bond acceptors (Lipinski definition) is 15. The van der Waals surface area contributed by atoms with Crippen molar-refractivity contribution in [1.29, 1.82) is 0 Å². The Bertz CT molecular complexity index is 1720. The topological polar surface area (TPSA) is 237 Å². The molecule has 0 spiro atoms. The van der Waals surface area contributed by atoms with E-state index >= 15 is 0 Å². The van der Waals surface area contributed by atoms with Gasteiger partial charge >= 0.3 is 39.5 Å². The monoisotopic (exact) mass is 1310 g/mol. The summed E-state index contributed by atoms with van der Waals surface area (Å²) in [7, 11) is -9.89. The maximum Gasteiger partial charge on any atom is 0.472 e. The van der Waals surface area contributed by atoms with Crippen molar-refractivity contribution in [2.45, 2.75) is 380 Å². The third kappa shape index (κ3) is 64.6. The normalized spacial score (nSPS) is 14.1. The van der Waals surface area contributed by atoms with Gasteiger partial charge in [-0.25, -0.2) is 9.13 Å². The molecule has 3 N–H and O–H groups in total. The Morgan fingerprint density at radius 2 is 0.517 bits per heavy atom. The first-order valence-corrected chi connectivity index (χ1v) is 39.6. The third-order valence-corrected chi connectivity index (χ3v) is 18.2. The lowest BCUT2D eigenvalue weighted by molar-refractivity contribution is -0.161. The van der Waals surface area contributed by atoms with Crippen molar-refractivity contribution < 1.29 is 80.2 Å². The maximum absolute atomic E-state index is 13.0. The molecule has 89 heavy (non-hydrogen) atoms. The number of carbonyl (C=O) groups is 4. The Morgan fingerprint density at radius 1 is 0.303 bits per heavy atom. The molecule has 17 nitrogen and oxygen atoms in total. The Balaban J connectivity index is 5.15. The number of ether oxygens (including phenoxy) is 4. The summed E-state index contributed by atoms with van der Waals surface area (Å²) in [5.74, 6) is -1.46. The van der Waals surface area contributed by atoms with Crippen molar-refractivity contribution >= 4 is 39.5 Å². The quantitative estimate of drug-likeness (QED) is 0.0222. The summed E-state index contributed by atoms with van der Waals surface area (Å²) in [4.78, 5) is 72.4. The predicted octanol–water partition coefficient (Wildman–Crippen LogP) is 20.1. The summed E-state index contributed by atoms with van der Waals surface area (Å²) in [5, 5.41) is 10.6. The van der Waals surface area contributed by atoms with Crippen LogP contribution >= 0.6 is 15.6 Å². The highest BCUT2D eigenvalue weighted by molar-refractivity contribution is 7.47. The van der Waals surface area contributed by atoms with Crippen LogP contribution < -0.4 is 0 Å². The molecular formula is C70H136O17P2. The molecule has 528 valence electrons. The lowest BCUT2D eigenvalue weighted by atomic mass is 10.0. The molecule has 0 saturated carbocycles. The minimum atomic E-state index is -4.95. The van der Waals surface area contributed by atoms with Crippen molar-refractivity contribution in [3.63, 3.8) is 0 Å². The van der Waals surface area contributed by atoms with Gasteiger partial charge in [-0.1, -0.05) is 311 Å². The first kappa shape index (κ1) is 87.1. The van der Waals surface area contributed by atoms with Gasteiger partial charge in [0.2, 0.25) is 0 Å². The fourth-order valence-corrected chi connectivity index (χ4v) is 12.2. The van der Waals surface area contributed by atoms with E-state index in [-0.39, 0.29) is 25.7 Å². The van der Waals surface area contributed by atoms with E-state index in [4.69, 9.17) is 37.0 Å². The van der Waals surface area contributed by atoms with Gasteiger partial charge in [-0.15, -0.1) is 0 Å². The fourth-order valence-electron chi connectivity index (χ4n) is 10.6. The summed E-state index contributed by atoms with van der Waals surface area (Å²) in [6, 6.07) is 0. The first-order valence-electron chi connectivity index (χ1n) is 36.6. The van der Waals surface area contributed by atoms with Crippen molar-refractivity contribution in [3.05, 3.63) is 0 Å². The second-order valence-corrected chi connectivity index (χ2v) is 28.7. The van der Waals surface area contributed by atoms with Crippen molar-refractivity contribution in [3.8, 4) is 0 Å². The van der Waals surface area contributed by atoms with Crippen LogP contribution in [-0.2, 0) is 65.4 Å². The Labute approximate surface area is 543 Å². The molecular weight excluding hydrogens is 1170 g/mol. The predicted molar refractivity (Wildman–Crippen MR) is 358 cm³/mol. The molecule has 0 fully saturated rings. The smallest absolute Gasteiger partial charge is 0.462 e. The Morgan fingerprint density at radius 3 is 0.764 bits per heavy atom. The van der Waals surface area contributed by atoms with Gasteiger partial charge in [0, 0.05) is 25.7 Å². The van der Waals surface area contributed by atoms with E-state index in [0.29, 0.717) is 31.6 Å². The number of unbranched alkanes of at least 4 members (excludes halogenated alkanes) is 42. The zero-order chi connectivity index (χ0) is 65.6. The van der Waals surface area contributed by atoms with Gasteiger partial charge in [-0.3, -0.25) is 37.3 Å². The second kappa shape index (κ2) is 63.5. The number of phosphoric ester groups is 2. The summed E-state index contributed by atoms with van der Waals surface area (Å²) in [6.07, 6.45) is 50.2. The standard InChI is InChI=1S/C70H136O17P2/c1-6-9-12-15-18-21-23-24-25-26-27-28-29-30-31-33-36-39-45-50-55-69(74)86-65(59-81-68(73)54-49-44-38-35-32-22-19-16-13-10-7-2)61-84-88(76,77)82-57-64(71)58-83-89(78,79)85-62-66(87-70(75)56-51-46-41-40-42-47-52-63(4)5)60-80-67(72)53-48-43-37-34-20-17-14-11-8-3/h63-66,71H,6-62H2,1-5H3,(H,76,77)(H,78,79)/t64-,65-,66-/m1/s1. The zero-order valence-electron chi connectivity index (χ0n) is 57.6. The van der Waals surface area contributed by atoms with E-state index in [0.717, 1.165) is 89.9 Å². The van der Waals surface area contributed by atoms with Crippen LogP contribution in [0.2, 0.25) is 0 Å². The van der Waals surface area contributed by atoms with E-state index in [2.05, 4.69) is 34.6 Å². The highest BCUT2D eigenvalue weighted by Gasteiger charge is 2.30. The third-order valence-electron chi connectivity index (χ3n) is 16.3. The van der Waals surface area contributed by atoms with Crippen LogP contribution in [0.1, 0.15) is 362 Å². The minimum absolute atomic E-state index is 0.102. The SMILES string of the molecule is CCCCCCCCCCCCCCCCCCCCCCC(=O)O[C@H](COC(=O)CCCCCCCCCCCCC)COP(=O)(O)OC[C@@H](O)COP(=O)(O)OC[C@@H](COC(=O)CCCCCCCCCCC)OC(=O)CCCCCCCCC(C)C. The van der Waals surface area contributed by atoms with Crippen molar-refractivity contribution in [1.82, 2.24) is 0 Å². The van der Waals surface area contributed by atoms with Gasteiger partial charge < -0.3 is 33.8 Å². The second-order valence-electron chi connectivity index (χ2n) is 25.7. The summed E-state index contributed by atoms with van der Waals surface area (Å²) in [6.45, 7) is 7.13. The van der Waals surface area contributed by atoms with Crippen molar-refractivity contribution in [2.75, 3.05) is 39.6 Å². The molecule has 0 saturated heterocycles. The molecule has 0 rings (SSSR count). The highest BCUT2D eigenvalue weighted by Crippen LogP contribution is 2.45. The molecule has 0 aliphatic rings. The summed E-state index contributed by atoms with van der Waals surface area (Å²) < 4.78 is 68.2. The molecule has 0 amide bonds. The lowest BCUT2D eigenvalue weighted by Gasteiger charge is -2.21. The van der Waals surface area contributed by atoms with E-state index < -0.39 is 97.5 Å². The average Bonchev–Trinajstić information content (AvgIpc) is 3.53. The number of aliphatic hydroxyl groups is 1. The van der Waals surface area contributed by atoms with Gasteiger partial charge in [-0.05, 0) is 31.6 Å². The highest BCUT2D eigenvalue weighted by atomic mass is 31.2. The molecule has 5 atom stereocenters. The molecule has 0 aromatic rings. The summed E-state index contributed by atoms with van der Waals surface area (Å²) >= 11 is 0. The van der Waals surface area contributed by atoms with E-state index in [1.807, 2.05) is 0 Å². The van der Waals surface area contributed by atoms with Crippen LogP contribution in [0.5, 0.6) is 0 Å². The van der Waals surface area contributed by atoms with Gasteiger partial charge in [-0.2, -0.15) is 0 Å².